The molecule has 0 fully saturated rings. The fourth-order valence-corrected chi connectivity index (χ4v) is 2.08. The third kappa shape index (κ3) is 4.63. The van der Waals surface area contributed by atoms with Gasteiger partial charge in [0, 0.05) is 16.6 Å². The highest BCUT2D eigenvalue weighted by molar-refractivity contribution is 9.10. The van der Waals surface area contributed by atoms with Gasteiger partial charge in [0.25, 0.3) is 0 Å². The SMILES string of the molecule is Fc1ccc(Br)c(NCc2ccccc2OC(F)(F)F)c1. The van der Waals surface area contributed by atoms with Gasteiger partial charge in [0.15, 0.2) is 0 Å². The predicted octanol–water partition coefficient (Wildman–Crippen LogP) is 5.10. The maximum atomic E-state index is 13.1. The molecule has 0 saturated carbocycles. The van der Waals surface area contributed by atoms with E-state index < -0.39 is 12.2 Å². The lowest BCUT2D eigenvalue weighted by molar-refractivity contribution is -0.274. The summed E-state index contributed by atoms with van der Waals surface area (Å²) in [6.07, 6.45) is -4.75. The average Bonchev–Trinajstić information content (AvgIpc) is 2.39. The molecule has 2 aromatic carbocycles. The summed E-state index contributed by atoms with van der Waals surface area (Å²) in [7, 11) is 0. The lowest BCUT2D eigenvalue weighted by atomic mass is 10.2. The minimum absolute atomic E-state index is 0.0638. The second-order valence-electron chi connectivity index (χ2n) is 4.13. The summed E-state index contributed by atoms with van der Waals surface area (Å²) in [6.45, 7) is 0.0638. The lowest BCUT2D eigenvalue weighted by Crippen LogP contribution is -2.18. The van der Waals surface area contributed by atoms with Crippen molar-refractivity contribution in [2.24, 2.45) is 0 Å². The molecule has 0 spiro atoms. The van der Waals surface area contributed by atoms with Crippen molar-refractivity contribution in [1.82, 2.24) is 0 Å². The van der Waals surface area contributed by atoms with E-state index in [1.807, 2.05) is 0 Å². The highest BCUT2D eigenvalue weighted by Crippen LogP contribution is 2.28. The number of hydrogen-bond acceptors (Lipinski definition) is 2. The van der Waals surface area contributed by atoms with E-state index in [2.05, 4.69) is 26.0 Å². The molecule has 2 nitrogen and oxygen atoms in total. The summed E-state index contributed by atoms with van der Waals surface area (Å²) in [4.78, 5) is 0. The number of ether oxygens (including phenoxy) is 1. The van der Waals surface area contributed by atoms with Gasteiger partial charge in [-0.15, -0.1) is 13.2 Å². The second kappa shape index (κ2) is 6.34. The Hall–Kier alpha value is -1.76. The van der Waals surface area contributed by atoms with Crippen LogP contribution in [-0.2, 0) is 6.54 Å². The van der Waals surface area contributed by atoms with Gasteiger partial charge < -0.3 is 10.1 Å². The fraction of sp³-hybridized carbons (Fsp3) is 0.143. The number of alkyl halides is 3. The van der Waals surface area contributed by atoms with Crippen molar-refractivity contribution in [3.05, 3.63) is 58.3 Å². The smallest absolute Gasteiger partial charge is 0.405 e. The first-order valence-corrected chi connectivity index (χ1v) is 6.67. The van der Waals surface area contributed by atoms with Gasteiger partial charge in [0.05, 0.1) is 5.69 Å². The molecule has 0 unspecified atom stereocenters. The van der Waals surface area contributed by atoms with E-state index >= 15 is 0 Å². The summed E-state index contributed by atoms with van der Waals surface area (Å²) in [5.74, 6) is -0.731. The quantitative estimate of drug-likeness (QED) is 0.763. The molecule has 0 amide bonds. The summed E-state index contributed by atoms with van der Waals surface area (Å²) in [5.41, 5.74) is 0.753. The number of rotatable bonds is 4. The number of para-hydroxylation sites is 1. The van der Waals surface area contributed by atoms with Crippen LogP contribution >= 0.6 is 15.9 Å². The molecule has 0 aliphatic carbocycles. The van der Waals surface area contributed by atoms with E-state index in [1.54, 1.807) is 6.07 Å². The highest BCUT2D eigenvalue weighted by Gasteiger charge is 2.31. The van der Waals surface area contributed by atoms with Gasteiger partial charge in [-0.2, -0.15) is 0 Å². The van der Waals surface area contributed by atoms with Gasteiger partial charge in [-0.25, -0.2) is 4.39 Å². The highest BCUT2D eigenvalue weighted by atomic mass is 79.9. The molecule has 0 aliphatic heterocycles. The number of anilines is 1. The third-order valence-corrected chi connectivity index (χ3v) is 3.29. The van der Waals surface area contributed by atoms with E-state index in [4.69, 9.17) is 0 Å². The first kappa shape index (κ1) is 15.6. The van der Waals surface area contributed by atoms with Crippen molar-refractivity contribution >= 4 is 21.6 Å². The Balaban J connectivity index is 2.15. The number of hydrogen-bond donors (Lipinski definition) is 1. The molecule has 0 heterocycles. The molecule has 7 heteroatoms. The van der Waals surface area contributed by atoms with Crippen LogP contribution in [-0.4, -0.2) is 6.36 Å². The van der Waals surface area contributed by atoms with Gasteiger partial charge >= 0.3 is 6.36 Å². The molecule has 0 aliphatic rings. The lowest BCUT2D eigenvalue weighted by Gasteiger charge is -2.14. The molecule has 2 rings (SSSR count). The van der Waals surface area contributed by atoms with Crippen molar-refractivity contribution in [2.45, 2.75) is 12.9 Å². The number of halogens is 5. The summed E-state index contributed by atoms with van der Waals surface area (Å²) in [5, 5.41) is 2.86. The molecule has 0 aromatic heterocycles. The van der Waals surface area contributed by atoms with Crippen molar-refractivity contribution in [1.29, 1.82) is 0 Å². The first-order chi connectivity index (χ1) is 9.85. The van der Waals surface area contributed by atoms with Gasteiger partial charge in [0.2, 0.25) is 0 Å². The van der Waals surface area contributed by atoms with Crippen LogP contribution in [0.15, 0.2) is 46.9 Å². The Morgan fingerprint density at radius 2 is 1.81 bits per heavy atom. The summed E-state index contributed by atoms with van der Waals surface area (Å²) >= 11 is 3.23. The Labute approximate surface area is 126 Å². The van der Waals surface area contributed by atoms with Crippen LogP contribution in [0.1, 0.15) is 5.56 Å². The van der Waals surface area contributed by atoms with Crippen LogP contribution in [0.3, 0.4) is 0 Å². The second-order valence-corrected chi connectivity index (χ2v) is 4.99. The van der Waals surface area contributed by atoms with Gasteiger partial charge in [-0.3, -0.25) is 0 Å². The van der Waals surface area contributed by atoms with Gasteiger partial charge in [-0.1, -0.05) is 18.2 Å². The maximum absolute atomic E-state index is 13.1. The first-order valence-electron chi connectivity index (χ1n) is 5.88. The Morgan fingerprint density at radius 3 is 2.52 bits per heavy atom. The number of benzene rings is 2. The molecular formula is C14H10BrF4NO. The molecule has 21 heavy (non-hydrogen) atoms. The van der Waals surface area contributed by atoms with E-state index in [1.165, 1.54) is 36.4 Å². The van der Waals surface area contributed by atoms with E-state index in [0.717, 1.165) is 0 Å². The zero-order valence-corrected chi connectivity index (χ0v) is 12.1. The third-order valence-electron chi connectivity index (χ3n) is 2.60. The van der Waals surface area contributed by atoms with Gasteiger partial charge in [0.1, 0.15) is 11.6 Å². The monoisotopic (exact) mass is 363 g/mol. The van der Waals surface area contributed by atoms with Crippen molar-refractivity contribution in [3.8, 4) is 5.75 Å². The topological polar surface area (TPSA) is 21.3 Å². The van der Waals surface area contributed by atoms with Crippen LogP contribution in [0.4, 0.5) is 23.2 Å². The minimum atomic E-state index is -4.75. The predicted molar refractivity (Wildman–Crippen MR) is 74.6 cm³/mol. The fourth-order valence-electron chi connectivity index (χ4n) is 1.70. The molecule has 0 saturated heterocycles. The van der Waals surface area contributed by atoms with Crippen LogP contribution in [0.2, 0.25) is 0 Å². The zero-order valence-electron chi connectivity index (χ0n) is 10.5. The Kier molecular flexibility index (Phi) is 4.72. The normalized spacial score (nSPS) is 11.3. The van der Waals surface area contributed by atoms with Crippen LogP contribution in [0, 0.1) is 5.82 Å². The Morgan fingerprint density at radius 1 is 1.10 bits per heavy atom. The average molecular weight is 364 g/mol. The largest absolute Gasteiger partial charge is 0.573 e. The summed E-state index contributed by atoms with van der Waals surface area (Å²) in [6, 6.07) is 9.80. The van der Waals surface area contributed by atoms with E-state index in [9.17, 15) is 17.6 Å². The molecule has 0 radical (unpaired) electrons. The minimum Gasteiger partial charge on any atom is -0.405 e. The van der Waals surface area contributed by atoms with Gasteiger partial charge in [-0.05, 0) is 40.2 Å². The molecule has 0 atom stereocenters. The standard InChI is InChI=1S/C14H10BrF4NO/c15-11-6-5-10(16)7-12(11)20-8-9-3-1-2-4-13(9)21-14(17,18)19/h1-7,20H,8H2. The molecular weight excluding hydrogens is 354 g/mol. The van der Waals surface area contributed by atoms with Crippen molar-refractivity contribution in [3.63, 3.8) is 0 Å². The van der Waals surface area contributed by atoms with Crippen LogP contribution < -0.4 is 10.1 Å². The molecule has 0 bridgehead atoms. The Bertz CT molecular complexity index is 631. The van der Waals surface area contributed by atoms with Crippen LogP contribution in [0.25, 0.3) is 0 Å². The molecule has 112 valence electrons. The van der Waals surface area contributed by atoms with Crippen LogP contribution in [0.5, 0.6) is 5.75 Å². The van der Waals surface area contributed by atoms with E-state index in [0.29, 0.717) is 15.7 Å². The van der Waals surface area contributed by atoms with E-state index in [-0.39, 0.29) is 12.3 Å². The van der Waals surface area contributed by atoms with Crippen molar-refractivity contribution < 1.29 is 22.3 Å². The molecule has 2 aromatic rings. The molecule has 1 N–H and O–H groups in total. The van der Waals surface area contributed by atoms with Crippen molar-refractivity contribution in [2.75, 3.05) is 5.32 Å². The maximum Gasteiger partial charge on any atom is 0.573 e. The summed E-state index contributed by atoms with van der Waals surface area (Å²) < 4.78 is 54.6. The number of nitrogens with one attached hydrogen (secondary N) is 1. The zero-order chi connectivity index (χ0) is 15.5.